The van der Waals surface area contributed by atoms with Crippen LogP contribution in [0.2, 0.25) is 5.02 Å². The quantitative estimate of drug-likeness (QED) is 0.433. The van der Waals surface area contributed by atoms with Gasteiger partial charge in [0.2, 0.25) is 11.8 Å². The van der Waals surface area contributed by atoms with Crippen LogP contribution in [0, 0.1) is 13.8 Å². The molecule has 5 heteroatoms. The lowest BCUT2D eigenvalue weighted by Gasteiger charge is -2.32. The minimum atomic E-state index is -0.668. The molecule has 178 valence electrons. The summed E-state index contributed by atoms with van der Waals surface area (Å²) >= 11 is 6.47. The van der Waals surface area contributed by atoms with Gasteiger partial charge in [0.25, 0.3) is 0 Å². The highest BCUT2D eigenvalue weighted by atomic mass is 35.5. The molecule has 1 N–H and O–H groups in total. The van der Waals surface area contributed by atoms with Gasteiger partial charge < -0.3 is 10.2 Å². The van der Waals surface area contributed by atoms with Crippen LogP contribution < -0.4 is 5.32 Å². The van der Waals surface area contributed by atoms with E-state index >= 15 is 0 Å². The lowest BCUT2D eigenvalue weighted by Crippen LogP contribution is -2.52. The van der Waals surface area contributed by atoms with Crippen molar-refractivity contribution in [3.8, 4) is 0 Å². The molecule has 0 aliphatic heterocycles. The standard InChI is InChI=1S/C29H33ClN2O2/c1-20(2)31-29(34)27(17-23-10-6-5-7-11-23)32(19-24-12-8-9-13-26(24)30)28(33)18-25-16-21(3)14-15-22(25)4/h5-16,20,27H,17-19H2,1-4H3,(H,31,34). The summed E-state index contributed by atoms with van der Waals surface area (Å²) in [5.74, 6) is -0.270. The molecule has 0 radical (unpaired) electrons. The number of hydrogen-bond donors (Lipinski definition) is 1. The predicted octanol–water partition coefficient (Wildman–Crippen LogP) is 5.66. The van der Waals surface area contributed by atoms with Crippen LogP contribution in [0.5, 0.6) is 0 Å². The maximum absolute atomic E-state index is 13.8. The summed E-state index contributed by atoms with van der Waals surface area (Å²) in [5.41, 5.74) is 4.94. The van der Waals surface area contributed by atoms with Crippen LogP contribution in [0.15, 0.2) is 72.8 Å². The lowest BCUT2D eigenvalue weighted by atomic mass is 9.99. The lowest BCUT2D eigenvalue weighted by molar-refractivity contribution is -0.141. The second-order valence-corrected chi connectivity index (χ2v) is 9.50. The number of nitrogens with one attached hydrogen (secondary N) is 1. The molecule has 0 bridgehead atoms. The van der Waals surface area contributed by atoms with Crippen molar-refractivity contribution in [2.75, 3.05) is 0 Å². The molecule has 1 unspecified atom stereocenters. The molecule has 0 heterocycles. The average molecular weight is 477 g/mol. The van der Waals surface area contributed by atoms with Gasteiger partial charge in [0.1, 0.15) is 6.04 Å². The van der Waals surface area contributed by atoms with Gasteiger partial charge in [-0.25, -0.2) is 0 Å². The smallest absolute Gasteiger partial charge is 0.243 e. The molecule has 0 aromatic heterocycles. The van der Waals surface area contributed by atoms with Crippen LogP contribution in [-0.4, -0.2) is 28.8 Å². The molecule has 0 fully saturated rings. The second kappa shape index (κ2) is 11.8. The fourth-order valence-corrected chi connectivity index (χ4v) is 4.20. The highest BCUT2D eigenvalue weighted by molar-refractivity contribution is 6.31. The number of nitrogens with zero attached hydrogens (tertiary/aromatic N) is 1. The van der Waals surface area contributed by atoms with Crippen molar-refractivity contribution < 1.29 is 9.59 Å². The van der Waals surface area contributed by atoms with E-state index < -0.39 is 6.04 Å². The van der Waals surface area contributed by atoms with Gasteiger partial charge in [0.15, 0.2) is 0 Å². The average Bonchev–Trinajstić information content (AvgIpc) is 2.80. The van der Waals surface area contributed by atoms with E-state index in [1.165, 1.54) is 0 Å². The Morgan fingerprint density at radius 1 is 0.912 bits per heavy atom. The minimum Gasteiger partial charge on any atom is -0.352 e. The van der Waals surface area contributed by atoms with Crippen molar-refractivity contribution in [1.82, 2.24) is 10.2 Å². The third kappa shape index (κ3) is 6.94. The van der Waals surface area contributed by atoms with Crippen molar-refractivity contribution in [1.29, 1.82) is 0 Å². The molecule has 0 saturated heterocycles. The number of carbonyl (C=O) groups excluding carboxylic acids is 2. The fourth-order valence-electron chi connectivity index (χ4n) is 4.00. The Labute approximate surface area is 207 Å². The largest absolute Gasteiger partial charge is 0.352 e. The SMILES string of the molecule is Cc1ccc(C)c(CC(=O)N(Cc2ccccc2Cl)C(Cc2ccccc2)C(=O)NC(C)C)c1. The van der Waals surface area contributed by atoms with E-state index in [4.69, 9.17) is 11.6 Å². The molecule has 2 amide bonds. The summed E-state index contributed by atoms with van der Waals surface area (Å²) in [5, 5.41) is 3.60. The number of benzene rings is 3. The van der Waals surface area contributed by atoms with E-state index in [9.17, 15) is 9.59 Å². The van der Waals surface area contributed by atoms with Gasteiger partial charge in [0, 0.05) is 24.0 Å². The maximum atomic E-state index is 13.8. The Bertz CT molecular complexity index is 1130. The Kier molecular flexibility index (Phi) is 8.89. The first-order chi connectivity index (χ1) is 16.2. The zero-order valence-corrected chi connectivity index (χ0v) is 21.1. The number of hydrogen-bond acceptors (Lipinski definition) is 2. The van der Waals surface area contributed by atoms with E-state index in [1.54, 1.807) is 4.90 Å². The number of carbonyl (C=O) groups is 2. The first-order valence-corrected chi connectivity index (χ1v) is 12.1. The Morgan fingerprint density at radius 3 is 2.26 bits per heavy atom. The summed E-state index contributed by atoms with van der Waals surface area (Å²) in [6.07, 6.45) is 0.639. The third-order valence-corrected chi connectivity index (χ3v) is 6.22. The molecule has 0 saturated carbocycles. The van der Waals surface area contributed by atoms with E-state index in [1.807, 2.05) is 100 Å². The summed E-state index contributed by atoms with van der Waals surface area (Å²) in [7, 11) is 0. The number of rotatable bonds is 9. The molecule has 1 atom stereocenters. The molecule has 0 aliphatic rings. The van der Waals surface area contributed by atoms with Crippen molar-refractivity contribution in [3.05, 3.63) is 106 Å². The zero-order chi connectivity index (χ0) is 24.7. The topological polar surface area (TPSA) is 49.4 Å². The number of aryl methyl sites for hydroxylation is 2. The molecule has 0 spiro atoms. The van der Waals surface area contributed by atoms with Crippen molar-refractivity contribution in [3.63, 3.8) is 0 Å². The van der Waals surface area contributed by atoms with Crippen LogP contribution >= 0.6 is 11.6 Å². The monoisotopic (exact) mass is 476 g/mol. The van der Waals surface area contributed by atoms with Crippen LogP contribution in [-0.2, 0) is 29.0 Å². The first-order valence-electron chi connectivity index (χ1n) is 11.7. The molecule has 3 rings (SSSR count). The zero-order valence-electron chi connectivity index (χ0n) is 20.3. The highest BCUT2D eigenvalue weighted by Gasteiger charge is 2.31. The van der Waals surface area contributed by atoms with Crippen LogP contribution in [0.4, 0.5) is 0 Å². The van der Waals surface area contributed by atoms with Gasteiger partial charge in [-0.2, -0.15) is 0 Å². The van der Waals surface area contributed by atoms with E-state index in [2.05, 4.69) is 5.32 Å². The molecule has 3 aromatic carbocycles. The van der Waals surface area contributed by atoms with Crippen LogP contribution in [0.3, 0.4) is 0 Å². The van der Waals surface area contributed by atoms with Crippen molar-refractivity contribution in [2.45, 2.75) is 59.2 Å². The van der Waals surface area contributed by atoms with Gasteiger partial charge in [-0.1, -0.05) is 83.9 Å². The summed E-state index contributed by atoms with van der Waals surface area (Å²) < 4.78 is 0. The van der Waals surface area contributed by atoms with Crippen LogP contribution in [0.25, 0.3) is 0 Å². The maximum Gasteiger partial charge on any atom is 0.243 e. The van der Waals surface area contributed by atoms with Gasteiger partial charge in [-0.3, -0.25) is 9.59 Å². The Balaban J connectivity index is 2.01. The molecule has 0 aliphatic carbocycles. The molecule has 34 heavy (non-hydrogen) atoms. The van der Waals surface area contributed by atoms with Gasteiger partial charge >= 0.3 is 0 Å². The predicted molar refractivity (Wildman–Crippen MR) is 139 cm³/mol. The third-order valence-electron chi connectivity index (χ3n) is 5.85. The van der Waals surface area contributed by atoms with Gasteiger partial charge in [0.05, 0.1) is 6.42 Å². The summed E-state index contributed by atoms with van der Waals surface area (Å²) in [6.45, 7) is 8.13. The van der Waals surface area contributed by atoms with Gasteiger partial charge in [-0.05, 0) is 56.0 Å². The Morgan fingerprint density at radius 2 is 1.59 bits per heavy atom. The molecular formula is C29H33ClN2O2. The summed E-state index contributed by atoms with van der Waals surface area (Å²) in [4.78, 5) is 28.9. The van der Waals surface area contributed by atoms with Gasteiger partial charge in [-0.15, -0.1) is 0 Å². The van der Waals surface area contributed by atoms with Crippen molar-refractivity contribution in [2.24, 2.45) is 0 Å². The first kappa shape index (κ1) is 25.5. The summed E-state index contributed by atoms with van der Waals surface area (Å²) in [6, 6.07) is 22.7. The Hall–Kier alpha value is -3.11. The normalized spacial score (nSPS) is 11.8. The minimum absolute atomic E-state index is 0.0398. The van der Waals surface area contributed by atoms with E-state index in [0.29, 0.717) is 11.4 Å². The van der Waals surface area contributed by atoms with Crippen LogP contribution in [0.1, 0.15) is 41.7 Å². The number of halogens is 1. The molecule has 4 nitrogen and oxygen atoms in total. The molecular weight excluding hydrogens is 444 g/mol. The fraction of sp³-hybridized carbons (Fsp3) is 0.310. The second-order valence-electron chi connectivity index (χ2n) is 9.09. The highest BCUT2D eigenvalue weighted by Crippen LogP contribution is 2.22. The number of amides is 2. The van der Waals surface area contributed by atoms with E-state index in [0.717, 1.165) is 27.8 Å². The molecule has 3 aromatic rings. The van der Waals surface area contributed by atoms with E-state index in [-0.39, 0.29) is 30.8 Å². The van der Waals surface area contributed by atoms with Crippen molar-refractivity contribution >= 4 is 23.4 Å².